The number of nitrogens with two attached hydrogens (primary N) is 1. The summed E-state index contributed by atoms with van der Waals surface area (Å²) in [6.45, 7) is 1.24. The van der Waals surface area contributed by atoms with E-state index < -0.39 is 10.0 Å². The van der Waals surface area contributed by atoms with E-state index in [9.17, 15) is 13.2 Å². The Labute approximate surface area is 162 Å². The van der Waals surface area contributed by atoms with Crippen LogP contribution < -0.4 is 11.1 Å². The third kappa shape index (κ3) is 3.96. The smallest absolute Gasteiger partial charge is 0.245 e. The van der Waals surface area contributed by atoms with E-state index >= 15 is 0 Å². The van der Waals surface area contributed by atoms with Gasteiger partial charge in [0.25, 0.3) is 0 Å². The molecule has 0 aliphatic carbocycles. The molecule has 8 nitrogen and oxygen atoms in total. The molecule has 1 fully saturated rings. The van der Waals surface area contributed by atoms with Gasteiger partial charge in [-0.1, -0.05) is 11.6 Å². The Balaban J connectivity index is 0.00000243. The van der Waals surface area contributed by atoms with E-state index in [4.69, 9.17) is 17.3 Å². The Morgan fingerprint density at radius 2 is 2.27 bits per heavy atom. The molecule has 3 heterocycles. The van der Waals surface area contributed by atoms with Gasteiger partial charge >= 0.3 is 0 Å². The fourth-order valence-electron chi connectivity index (χ4n) is 3.05. The molecule has 0 radical (unpaired) electrons. The lowest BCUT2D eigenvalue weighted by molar-refractivity contribution is -0.126. The monoisotopic (exact) mass is 421 g/mol. The van der Waals surface area contributed by atoms with Gasteiger partial charge in [0.05, 0.1) is 16.3 Å². The summed E-state index contributed by atoms with van der Waals surface area (Å²) in [5, 5.41) is 3.42. The normalized spacial score (nSPS) is 18.5. The number of H-pyrrole nitrogens is 1. The summed E-state index contributed by atoms with van der Waals surface area (Å²) in [6.07, 6.45) is 4.18. The Hall–Kier alpha value is -1.39. The van der Waals surface area contributed by atoms with Gasteiger partial charge in [-0.25, -0.2) is 13.4 Å². The molecule has 144 valence electrons. The topological polar surface area (TPSA) is 121 Å². The predicted molar refractivity (Wildman–Crippen MR) is 102 cm³/mol. The van der Waals surface area contributed by atoms with Crippen LogP contribution in [-0.2, 0) is 14.8 Å². The number of sulfonamides is 1. The van der Waals surface area contributed by atoms with Crippen LogP contribution >= 0.6 is 24.0 Å². The van der Waals surface area contributed by atoms with Crippen molar-refractivity contribution < 1.29 is 13.2 Å². The van der Waals surface area contributed by atoms with Crippen molar-refractivity contribution in [3.63, 3.8) is 0 Å². The van der Waals surface area contributed by atoms with Crippen LogP contribution in [0.3, 0.4) is 0 Å². The first kappa shape index (κ1) is 20.9. The third-order valence-corrected chi connectivity index (χ3v) is 6.51. The van der Waals surface area contributed by atoms with Crippen molar-refractivity contribution in [1.29, 1.82) is 0 Å². The number of hydrogen-bond donors (Lipinski definition) is 3. The number of pyridine rings is 1. The van der Waals surface area contributed by atoms with E-state index in [0.29, 0.717) is 48.5 Å². The van der Waals surface area contributed by atoms with E-state index in [1.807, 2.05) is 0 Å². The Morgan fingerprint density at radius 1 is 1.50 bits per heavy atom. The number of amides is 1. The van der Waals surface area contributed by atoms with Crippen LogP contribution in [0.15, 0.2) is 23.4 Å². The quantitative estimate of drug-likeness (QED) is 0.667. The number of nitrogens with zero attached hydrogens (tertiary/aromatic N) is 2. The number of carbonyl (C=O) groups is 1. The van der Waals surface area contributed by atoms with Crippen molar-refractivity contribution >= 4 is 51.0 Å². The van der Waals surface area contributed by atoms with Crippen LogP contribution in [0.1, 0.15) is 12.8 Å². The van der Waals surface area contributed by atoms with E-state index in [0.717, 1.165) is 0 Å². The molecule has 1 saturated heterocycles. The van der Waals surface area contributed by atoms with E-state index in [-0.39, 0.29) is 35.7 Å². The molecule has 3 rings (SSSR count). The molecule has 26 heavy (non-hydrogen) atoms. The number of nitrogens with one attached hydrogen (secondary N) is 2. The van der Waals surface area contributed by atoms with Gasteiger partial charge in [-0.05, 0) is 18.9 Å². The highest BCUT2D eigenvalue weighted by Gasteiger charge is 2.35. The maximum absolute atomic E-state index is 13.1. The molecule has 1 unspecified atom stereocenters. The number of hydrogen-bond acceptors (Lipinski definition) is 5. The fraction of sp³-hybridized carbons (Fsp3) is 0.467. The number of aromatic nitrogens is 2. The van der Waals surface area contributed by atoms with Gasteiger partial charge in [0.2, 0.25) is 15.9 Å². The summed E-state index contributed by atoms with van der Waals surface area (Å²) in [7, 11) is -3.78. The van der Waals surface area contributed by atoms with Gasteiger partial charge in [-0.15, -0.1) is 12.4 Å². The highest BCUT2D eigenvalue weighted by Crippen LogP contribution is 2.32. The van der Waals surface area contributed by atoms with E-state index in [1.54, 1.807) is 6.07 Å². The zero-order valence-electron chi connectivity index (χ0n) is 13.9. The number of carbonyl (C=O) groups excluding carboxylic acids is 1. The van der Waals surface area contributed by atoms with Crippen LogP contribution in [0.5, 0.6) is 0 Å². The minimum Gasteiger partial charge on any atom is -0.355 e. The maximum atomic E-state index is 13.1. The lowest BCUT2D eigenvalue weighted by Crippen LogP contribution is -2.46. The van der Waals surface area contributed by atoms with Gasteiger partial charge in [0.15, 0.2) is 0 Å². The minimum atomic E-state index is -3.78. The van der Waals surface area contributed by atoms with E-state index in [2.05, 4.69) is 15.3 Å². The van der Waals surface area contributed by atoms with Crippen molar-refractivity contribution in [2.24, 2.45) is 11.7 Å². The lowest BCUT2D eigenvalue weighted by atomic mass is 9.99. The van der Waals surface area contributed by atoms with Gasteiger partial charge in [-0.3, -0.25) is 4.79 Å². The van der Waals surface area contributed by atoms with Gasteiger partial charge in [-0.2, -0.15) is 4.31 Å². The summed E-state index contributed by atoms with van der Waals surface area (Å²) in [4.78, 5) is 19.2. The van der Waals surface area contributed by atoms with Crippen molar-refractivity contribution in [2.45, 2.75) is 17.7 Å². The maximum Gasteiger partial charge on any atom is 0.245 e. The van der Waals surface area contributed by atoms with Crippen molar-refractivity contribution in [1.82, 2.24) is 19.6 Å². The van der Waals surface area contributed by atoms with Crippen molar-refractivity contribution in [3.8, 4) is 0 Å². The first-order chi connectivity index (χ1) is 11.9. The second-order valence-electron chi connectivity index (χ2n) is 5.95. The Bertz CT molecular complexity index is 887. The second kappa shape index (κ2) is 8.53. The average molecular weight is 422 g/mol. The standard InChI is InChI=1S/C15H20ClN5O3S.ClH/c16-11-3-5-18-14-13(11)12(8-20-14)25(23,24)21-7-1-2-10(9-21)15(22)19-6-4-17;/h3,5,8,10H,1-2,4,6-7,9,17H2,(H,18,20)(H,19,22);1H. The fourth-order valence-corrected chi connectivity index (χ4v) is 5.05. The Morgan fingerprint density at radius 3 is 3.00 bits per heavy atom. The van der Waals surface area contributed by atoms with Crippen LogP contribution in [-0.4, -0.2) is 54.8 Å². The number of fused-ring (bicyclic) bond motifs is 1. The molecule has 0 saturated carbocycles. The van der Waals surface area contributed by atoms with Gasteiger partial charge in [0, 0.05) is 38.6 Å². The molecule has 1 atom stereocenters. The summed E-state index contributed by atoms with van der Waals surface area (Å²) >= 11 is 6.17. The average Bonchev–Trinajstić information content (AvgIpc) is 3.06. The third-order valence-electron chi connectivity index (χ3n) is 4.30. The number of rotatable bonds is 5. The molecule has 4 N–H and O–H groups in total. The lowest BCUT2D eigenvalue weighted by Gasteiger charge is -2.31. The van der Waals surface area contributed by atoms with Crippen LogP contribution in [0.2, 0.25) is 5.02 Å². The summed E-state index contributed by atoms with van der Waals surface area (Å²) in [5.74, 6) is -0.544. The van der Waals surface area contributed by atoms with Gasteiger partial charge < -0.3 is 16.0 Å². The Kier molecular flexibility index (Phi) is 6.86. The number of piperidine rings is 1. The second-order valence-corrected chi connectivity index (χ2v) is 8.26. The molecule has 1 aliphatic heterocycles. The molecule has 0 spiro atoms. The molecular weight excluding hydrogens is 401 g/mol. The molecule has 0 aromatic carbocycles. The van der Waals surface area contributed by atoms with Gasteiger partial charge in [0.1, 0.15) is 10.5 Å². The predicted octanol–water partition coefficient (Wildman–Crippen LogP) is 1.11. The largest absolute Gasteiger partial charge is 0.355 e. The minimum absolute atomic E-state index is 0. The van der Waals surface area contributed by atoms with Crippen LogP contribution in [0.4, 0.5) is 0 Å². The molecule has 2 aromatic rings. The molecular formula is C15H21Cl2N5O3S. The first-order valence-electron chi connectivity index (χ1n) is 8.04. The molecule has 2 aromatic heterocycles. The SMILES string of the molecule is Cl.NCCNC(=O)C1CCCN(S(=O)(=O)c2c[nH]c3nccc(Cl)c23)C1. The van der Waals surface area contributed by atoms with E-state index in [1.165, 1.54) is 16.7 Å². The molecule has 0 bridgehead atoms. The summed E-state index contributed by atoms with van der Waals surface area (Å²) in [5.41, 5.74) is 5.81. The first-order valence-corrected chi connectivity index (χ1v) is 9.86. The van der Waals surface area contributed by atoms with Crippen molar-refractivity contribution in [3.05, 3.63) is 23.5 Å². The van der Waals surface area contributed by atoms with Crippen LogP contribution in [0.25, 0.3) is 11.0 Å². The number of halogens is 2. The number of aromatic amines is 1. The zero-order valence-corrected chi connectivity index (χ0v) is 16.3. The molecule has 11 heteroatoms. The van der Waals surface area contributed by atoms with Crippen LogP contribution in [0, 0.1) is 5.92 Å². The highest BCUT2D eigenvalue weighted by atomic mass is 35.5. The zero-order chi connectivity index (χ0) is 18.0. The molecule has 1 aliphatic rings. The molecule has 1 amide bonds. The summed E-state index contributed by atoms with van der Waals surface area (Å²) < 4.78 is 27.5. The van der Waals surface area contributed by atoms with Crippen molar-refractivity contribution in [2.75, 3.05) is 26.2 Å². The summed E-state index contributed by atoms with van der Waals surface area (Å²) in [6, 6.07) is 1.55. The highest BCUT2D eigenvalue weighted by molar-refractivity contribution is 7.89.